The molecular formula is C18H25FN4S. The van der Waals surface area contributed by atoms with Gasteiger partial charge in [0.1, 0.15) is 5.82 Å². The summed E-state index contributed by atoms with van der Waals surface area (Å²) in [7, 11) is 5.79. The second kappa shape index (κ2) is 8.80. The Kier molecular flexibility index (Phi) is 6.75. The number of hydrogen-bond donors (Lipinski definition) is 2. The van der Waals surface area contributed by atoms with Gasteiger partial charge >= 0.3 is 0 Å². The monoisotopic (exact) mass is 348 g/mol. The maximum absolute atomic E-state index is 13.1. The predicted octanol–water partition coefficient (Wildman–Crippen LogP) is 3.16. The topological polar surface area (TPSA) is 39.7 Å². The largest absolute Gasteiger partial charge is 0.354 e. The Hall–Kier alpha value is -1.92. The smallest absolute Gasteiger partial charge is 0.191 e. The lowest BCUT2D eigenvalue weighted by atomic mass is 10.1. The maximum atomic E-state index is 13.1. The first kappa shape index (κ1) is 18.4. The first-order chi connectivity index (χ1) is 11.5. The van der Waals surface area contributed by atoms with Crippen LogP contribution in [0.3, 0.4) is 0 Å². The molecule has 4 nitrogen and oxygen atoms in total. The molecule has 0 aliphatic carbocycles. The number of halogens is 1. The van der Waals surface area contributed by atoms with Crippen LogP contribution in [0, 0.1) is 12.7 Å². The van der Waals surface area contributed by atoms with Gasteiger partial charge in [0, 0.05) is 23.3 Å². The molecule has 0 bridgehead atoms. The zero-order valence-electron chi connectivity index (χ0n) is 14.6. The van der Waals surface area contributed by atoms with E-state index in [1.54, 1.807) is 18.4 Å². The standard InChI is InChI=1S/C18H25FN4S/c1-13-5-10-16(24-13)11-21-18(20-2)22-12-17(23(3)4)14-6-8-15(19)9-7-14/h5-10,17H,11-12H2,1-4H3,(H2,20,21,22). The molecule has 0 fully saturated rings. The number of likely N-dealkylation sites (N-methyl/N-ethyl adjacent to an activating group) is 1. The molecule has 0 spiro atoms. The number of rotatable bonds is 6. The molecule has 2 N–H and O–H groups in total. The molecule has 0 aliphatic heterocycles. The van der Waals surface area contributed by atoms with E-state index in [1.165, 1.54) is 21.9 Å². The van der Waals surface area contributed by atoms with Gasteiger partial charge in [0.25, 0.3) is 0 Å². The van der Waals surface area contributed by atoms with E-state index in [0.717, 1.165) is 18.1 Å². The van der Waals surface area contributed by atoms with Crippen molar-refractivity contribution in [3.05, 3.63) is 57.5 Å². The molecular weight excluding hydrogens is 323 g/mol. The first-order valence-electron chi connectivity index (χ1n) is 7.91. The molecule has 0 amide bonds. The van der Waals surface area contributed by atoms with Crippen molar-refractivity contribution in [3.63, 3.8) is 0 Å². The minimum atomic E-state index is -0.215. The predicted molar refractivity (Wildman–Crippen MR) is 100 cm³/mol. The van der Waals surface area contributed by atoms with Gasteiger partial charge in [0.2, 0.25) is 0 Å². The number of aliphatic imine (C=N–C) groups is 1. The van der Waals surface area contributed by atoms with E-state index in [0.29, 0.717) is 6.54 Å². The quantitative estimate of drug-likeness (QED) is 0.622. The summed E-state index contributed by atoms with van der Waals surface area (Å²) >= 11 is 1.78. The zero-order valence-corrected chi connectivity index (χ0v) is 15.5. The number of nitrogens with one attached hydrogen (secondary N) is 2. The second-order valence-electron chi connectivity index (χ2n) is 5.85. The SMILES string of the molecule is CN=C(NCc1ccc(C)s1)NCC(c1ccc(F)cc1)N(C)C. The molecule has 2 rings (SSSR count). The molecule has 0 saturated heterocycles. The van der Waals surface area contributed by atoms with Crippen LogP contribution in [0.2, 0.25) is 0 Å². The first-order valence-corrected chi connectivity index (χ1v) is 8.73. The van der Waals surface area contributed by atoms with Crippen molar-refractivity contribution in [1.82, 2.24) is 15.5 Å². The summed E-state index contributed by atoms with van der Waals surface area (Å²) in [6.45, 7) is 3.54. The molecule has 1 unspecified atom stereocenters. The molecule has 0 radical (unpaired) electrons. The Morgan fingerprint density at radius 1 is 1.17 bits per heavy atom. The number of benzene rings is 1. The molecule has 1 heterocycles. The van der Waals surface area contributed by atoms with Crippen LogP contribution in [0.1, 0.15) is 21.4 Å². The summed E-state index contributed by atoms with van der Waals surface area (Å²) in [5, 5.41) is 6.67. The Bertz CT molecular complexity index is 664. The summed E-state index contributed by atoms with van der Waals surface area (Å²) in [6.07, 6.45) is 0. The Morgan fingerprint density at radius 3 is 2.42 bits per heavy atom. The van der Waals surface area contributed by atoms with E-state index >= 15 is 0 Å². The van der Waals surface area contributed by atoms with Crippen molar-refractivity contribution in [2.24, 2.45) is 4.99 Å². The number of aryl methyl sites for hydroxylation is 1. The molecule has 6 heteroatoms. The van der Waals surface area contributed by atoms with Crippen LogP contribution in [0.4, 0.5) is 4.39 Å². The maximum Gasteiger partial charge on any atom is 0.191 e. The summed E-state index contributed by atoms with van der Waals surface area (Å²) in [5.41, 5.74) is 1.07. The fraction of sp³-hybridized carbons (Fsp3) is 0.389. The van der Waals surface area contributed by atoms with Crippen LogP contribution in [0.15, 0.2) is 41.4 Å². The van der Waals surface area contributed by atoms with Crippen LogP contribution in [-0.4, -0.2) is 38.5 Å². The average Bonchev–Trinajstić information content (AvgIpc) is 2.97. The highest BCUT2D eigenvalue weighted by atomic mass is 32.1. The summed E-state index contributed by atoms with van der Waals surface area (Å²) < 4.78 is 13.1. The molecule has 1 atom stereocenters. The lowest BCUT2D eigenvalue weighted by molar-refractivity contribution is 0.298. The van der Waals surface area contributed by atoms with Crippen LogP contribution in [-0.2, 0) is 6.54 Å². The molecule has 0 saturated carbocycles. The molecule has 24 heavy (non-hydrogen) atoms. The molecule has 0 aliphatic rings. The average molecular weight is 348 g/mol. The Balaban J connectivity index is 1.93. The van der Waals surface area contributed by atoms with Gasteiger partial charge in [-0.1, -0.05) is 12.1 Å². The Morgan fingerprint density at radius 2 is 1.88 bits per heavy atom. The van der Waals surface area contributed by atoms with E-state index in [9.17, 15) is 4.39 Å². The van der Waals surface area contributed by atoms with E-state index in [4.69, 9.17) is 0 Å². The number of nitrogens with zero attached hydrogens (tertiary/aromatic N) is 2. The van der Waals surface area contributed by atoms with Gasteiger partial charge in [-0.25, -0.2) is 4.39 Å². The molecule has 1 aromatic carbocycles. The van der Waals surface area contributed by atoms with E-state index in [-0.39, 0.29) is 11.9 Å². The van der Waals surface area contributed by atoms with E-state index < -0.39 is 0 Å². The highest BCUT2D eigenvalue weighted by molar-refractivity contribution is 7.11. The lowest BCUT2D eigenvalue weighted by Gasteiger charge is -2.26. The fourth-order valence-electron chi connectivity index (χ4n) is 2.45. The highest BCUT2D eigenvalue weighted by Crippen LogP contribution is 2.18. The van der Waals surface area contributed by atoms with Crippen molar-refractivity contribution in [1.29, 1.82) is 0 Å². The van der Waals surface area contributed by atoms with Gasteiger partial charge in [-0.05, 0) is 50.8 Å². The summed E-state index contributed by atoms with van der Waals surface area (Å²) in [4.78, 5) is 8.96. The van der Waals surface area contributed by atoms with Crippen molar-refractivity contribution in [2.75, 3.05) is 27.7 Å². The minimum absolute atomic E-state index is 0.133. The summed E-state index contributed by atoms with van der Waals surface area (Å²) in [5.74, 6) is 0.544. The van der Waals surface area contributed by atoms with Crippen molar-refractivity contribution in [3.8, 4) is 0 Å². The molecule has 1 aromatic heterocycles. The lowest BCUT2D eigenvalue weighted by Crippen LogP contribution is -2.41. The number of thiophene rings is 1. The summed E-state index contributed by atoms with van der Waals surface area (Å²) in [6, 6.07) is 11.0. The normalized spacial score (nSPS) is 13.2. The van der Waals surface area contributed by atoms with Crippen LogP contribution in [0.25, 0.3) is 0 Å². The van der Waals surface area contributed by atoms with Crippen LogP contribution < -0.4 is 10.6 Å². The van der Waals surface area contributed by atoms with Crippen LogP contribution in [0.5, 0.6) is 0 Å². The number of guanidine groups is 1. The zero-order chi connectivity index (χ0) is 17.5. The van der Waals surface area contributed by atoms with Gasteiger partial charge in [0.15, 0.2) is 5.96 Å². The third-order valence-electron chi connectivity index (χ3n) is 3.79. The fourth-order valence-corrected chi connectivity index (χ4v) is 3.28. The van der Waals surface area contributed by atoms with Gasteiger partial charge < -0.3 is 15.5 Å². The van der Waals surface area contributed by atoms with Gasteiger partial charge in [-0.2, -0.15) is 0 Å². The highest BCUT2D eigenvalue weighted by Gasteiger charge is 2.14. The van der Waals surface area contributed by atoms with Crippen molar-refractivity contribution < 1.29 is 4.39 Å². The Labute approximate surface area is 147 Å². The molecule has 130 valence electrons. The molecule has 2 aromatic rings. The van der Waals surface area contributed by atoms with E-state index in [1.807, 2.05) is 26.2 Å². The third kappa shape index (κ3) is 5.32. The second-order valence-corrected chi connectivity index (χ2v) is 7.22. The third-order valence-corrected chi connectivity index (χ3v) is 4.79. The van der Waals surface area contributed by atoms with Crippen molar-refractivity contribution >= 4 is 17.3 Å². The van der Waals surface area contributed by atoms with Gasteiger partial charge in [-0.15, -0.1) is 11.3 Å². The van der Waals surface area contributed by atoms with E-state index in [2.05, 4.69) is 39.6 Å². The van der Waals surface area contributed by atoms with Gasteiger partial charge in [0.05, 0.1) is 12.6 Å². The van der Waals surface area contributed by atoms with Crippen molar-refractivity contribution in [2.45, 2.75) is 19.5 Å². The van der Waals surface area contributed by atoms with Crippen LogP contribution >= 0.6 is 11.3 Å². The minimum Gasteiger partial charge on any atom is -0.354 e. The number of hydrogen-bond acceptors (Lipinski definition) is 3. The van der Waals surface area contributed by atoms with Gasteiger partial charge in [-0.3, -0.25) is 4.99 Å².